The van der Waals surface area contributed by atoms with E-state index in [0.717, 1.165) is 0 Å². The van der Waals surface area contributed by atoms with Gasteiger partial charge in [-0.3, -0.25) is 4.79 Å². The third-order valence-electron chi connectivity index (χ3n) is 2.31. The van der Waals surface area contributed by atoms with Crippen molar-refractivity contribution in [2.75, 3.05) is 14.2 Å². The van der Waals surface area contributed by atoms with Crippen LogP contribution in [0.5, 0.6) is 5.75 Å². The molecule has 0 saturated heterocycles. The SMILES string of the molecule is COC(=O)C(C#N)Cc1cc(Cl)ccc1OC. The molecule has 1 aromatic rings. The smallest absolute Gasteiger partial charge is 0.323 e. The zero-order chi connectivity index (χ0) is 12.8. The number of nitriles is 1. The number of methoxy groups -OCH3 is 2. The molecule has 0 aliphatic rings. The van der Waals surface area contributed by atoms with Crippen LogP contribution in [-0.4, -0.2) is 20.2 Å². The number of hydrogen-bond acceptors (Lipinski definition) is 4. The van der Waals surface area contributed by atoms with E-state index in [0.29, 0.717) is 16.3 Å². The second-order valence-electron chi connectivity index (χ2n) is 3.37. The molecule has 5 heteroatoms. The number of hydrogen-bond donors (Lipinski definition) is 0. The Morgan fingerprint density at radius 3 is 2.76 bits per heavy atom. The molecule has 0 heterocycles. The lowest BCUT2D eigenvalue weighted by molar-refractivity contribution is -0.143. The van der Waals surface area contributed by atoms with Gasteiger partial charge in [0.25, 0.3) is 0 Å². The van der Waals surface area contributed by atoms with E-state index in [2.05, 4.69) is 4.74 Å². The van der Waals surface area contributed by atoms with Crippen LogP contribution in [0.3, 0.4) is 0 Å². The van der Waals surface area contributed by atoms with E-state index in [9.17, 15) is 4.79 Å². The van der Waals surface area contributed by atoms with Gasteiger partial charge in [-0.05, 0) is 23.8 Å². The van der Waals surface area contributed by atoms with Gasteiger partial charge in [0.1, 0.15) is 11.7 Å². The first kappa shape index (κ1) is 13.3. The zero-order valence-electron chi connectivity index (χ0n) is 9.57. The van der Waals surface area contributed by atoms with Gasteiger partial charge in [-0.15, -0.1) is 0 Å². The van der Waals surface area contributed by atoms with Crippen molar-refractivity contribution in [1.29, 1.82) is 5.26 Å². The number of esters is 1. The molecule has 0 spiro atoms. The highest BCUT2D eigenvalue weighted by Gasteiger charge is 2.20. The van der Waals surface area contributed by atoms with Crippen LogP contribution >= 0.6 is 11.6 Å². The Morgan fingerprint density at radius 1 is 1.53 bits per heavy atom. The topological polar surface area (TPSA) is 59.3 Å². The lowest BCUT2D eigenvalue weighted by Gasteiger charge is -2.11. The second-order valence-corrected chi connectivity index (χ2v) is 3.80. The van der Waals surface area contributed by atoms with Crippen molar-refractivity contribution >= 4 is 17.6 Å². The van der Waals surface area contributed by atoms with Crippen molar-refractivity contribution in [3.8, 4) is 11.8 Å². The molecule has 0 saturated carbocycles. The maximum atomic E-state index is 11.3. The van der Waals surface area contributed by atoms with Gasteiger partial charge in [-0.2, -0.15) is 5.26 Å². The molecule has 0 aliphatic carbocycles. The average Bonchev–Trinajstić information content (AvgIpc) is 2.35. The van der Waals surface area contributed by atoms with Crippen LogP contribution in [-0.2, 0) is 16.0 Å². The molecule has 0 amide bonds. The fourth-order valence-electron chi connectivity index (χ4n) is 1.45. The highest BCUT2D eigenvalue weighted by atomic mass is 35.5. The monoisotopic (exact) mass is 253 g/mol. The number of halogens is 1. The van der Waals surface area contributed by atoms with E-state index < -0.39 is 11.9 Å². The van der Waals surface area contributed by atoms with Crippen LogP contribution in [0.2, 0.25) is 5.02 Å². The maximum absolute atomic E-state index is 11.3. The first-order chi connectivity index (χ1) is 8.12. The van der Waals surface area contributed by atoms with Crippen molar-refractivity contribution in [2.45, 2.75) is 6.42 Å². The molecule has 0 N–H and O–H groups in total. The highest BCUT2D eigenvalue weighted by molar-refractivity contribution is 6.30. The molecule has 0 radical (unpaired) electrons. The fraction of sp³-hybridized carbons (Fsp3) is 0.333. The average molecular weight is 254 g/mol. The fourth-order valence-corrected chi connectivity index (χ4v) is 1.65. The molecule has 1 atom stereocenters. The Bertz CT molecular complexity index is 454. The number of rotatable bonds is 4. The number of nitrogens with zero attached hydrogens (tertiary/aromatic N) is 1. The summed E-state index contributed by atoms with van der Waals surface area (Å²) in [6, 6.07) is 6.95. The molecule has 0 bridgehead atoms. The zero-order valence-corrected chi connectivity index (χ0v) is 10.3. The standard InChI is InChI=1S/C12H12ClNO3/c1-16-11-4-3-10(13)6-8(11)5-9(7-14)12(15)17-2/h3-4,6,9H,5H2,1-2H3. The summed E-state index contributed by atoms with van der Waals surface area (Å²) in [6.07, 6.45) is 0.215. The van der Waals surface area contributed by atoms with Gasteiger partial charge in [0, 0.05) is 11.4 Å². The van der Waals surface area contributed by atoms with Crippen LogP contribution in [0.4, 0.5) is 0 Å². The van der Waals surface area contributed by atoms with Gasteiger partial charge >= 0.3 is 5.97 Å². The Morgan fingerprint density at radius 2 is 2.24 bits per heavy atom. The molecule has 0 aliphatic heterocycles. The summed E-state index contributed by atoms with van der Waals surface area (Å²) in [5.74, 6) is -0.819. The van der Waals surface area contributed by atoms with Gasteiger partial charge < -0.3 is 9.47 Å². The predicted molar refractivity (Wildman–Crippen MR) is 62.8 cm³/mol. The van der Waals surface area contributed by atoms with Crippen LogP contribution in [0.1, 0.15) is 5.56 Å². The van der Waals surface area contributed by atoms with Crippen LogP contribution < -0.4 is 4.74 Å². The van der Waals surface area contributed by atoms with Gasteiger partial charge in [-0.1, -0.05) is 11.6 Å². The Kier molecular flexibility index (Phi) is 4.80. The lowest BCUT2D eigenvalue weighted by Crippen LogP contribution is -2.17. The maximum Gasteiger partial charge on any atom is 0.323 e. The molecule has 0 aromatic heterocycles. The first-order valence-electron chi connectivity index (χ1n) is 4.92. The summed E-state index contributed by atoms with van der Waals surface area (Å²) in [5, 5.41) is 9.43. The van der Waals surface area contributed by atoms with E-state index in [1.165, 1.54) is 14.2 Å². The molecule has 0 fully saturated rings. The van der Waals surface area contributed by atoms with E-state index in [1.54, 1.807) is 18.2 Å². The summed E-state index contributed by atoms with van der Waals surface area (Å²) in [6.45, 7) is 0. The van der Waals surface area contributed by atoms with Crippen LogP contribution in [0.25, 0.3) is 0 Å². The third-order valence-corrected chi connectivity index (χ3v) is 2.54. The quantitative estimate of drug-likeness (QED) is 0.772. The number of ether oxygens (including phenoxy) is 2. The summed E-state index contributed by atoms with van der Waals surface area (Å²) in [5.41, 5.74) is 0.706. The molecular formula is C12H12ClNO3. The van der Waals surface area contributed by atoms with E-state index in [-0.39, 0.29) is 6.42 Å². The minimum absolute atomic E-state index is 0.215. The lowest BCUT2D eigenvalue weighted by atomic mass is 10.00. The number of carbonyl (C=O) groups is 1. The summed E-state index contributed by atoms with van der Waals surface area (Å²) >= 11 is 5.86. The number of carbonyl (C=O) groups excluding carboxylic acids is 1. The third kappa shape index (κ3) is 3.36. The van der Waals surface area contributed by atoms with Crippen LogP contribution in [0.15, 0.2) is 18.2 Å². The van der Waals surface area contributed by atoms with Crippen molar-refractivity contribution in [3.63, 3.8) is 0 Å². The van der Waals surface area contributed by atoms with Gasteiger partial charge in [-0.25, -0.2) is 0 Å². The van der Waals surface area contributed by atoms with Crippen molar-refractivity contribution in [1.82, 2.24) is 0 Å². The minimum Gasteiger partial charge on any atom is -0.496 e. The molecule has 90 valence electrons. The molecule has 1 aromatic carbocycles. The largest absolute Gasteiger partial charge is 0.496 e. The summed E-state index contributed by atoms with van der Waals surface area (Å²) in [7, 11) is 2.77. The normalized spacial score (nSPS) is 11.4. The molecule has 1 unspecified atom stereocenters. The number of benzene rings is 1. The summed E-state index contributed by atoms with van der Waals surface area (Å²) < 4.78 is 9.68. The predicted octanol–water partition coefficient (Wildman–Crippen LogP) is 2.20. The Labute approximate surface area is 105 Å². The van der Waals surface area contributed by atoms with Gasteiger partial charge in [0.05, 0.1) is 20.3 Å². The Balaban J connectivity index is 2.97. The molecule has 1 rings (SSSR count). The molecular weight excluding hydrogens is 242 g/mol. The van der Waals surface area contributed by atoms with Gasteiger partial charge in [0.15, 0.2) is 0 Å². The van der Waals surface area contributed by atoms with E-state index >= 15 is 0 Å². The van der Waals surface area contributed by atoms with E-state index in [1.807, 2.05) is 6.07 Å². The van der Waals surface area contributed by atoms with Gasteiger partial charge in [0.2, 0.25) is 0 Å². The summed E-state index contributed by atoms with van der Waals surface area (Å²) in [4.78, 5) is 11.3. The van der Waals surface area contributed by atoms with E-state index in [4.69, 9.17) is 21.6 Å². The Hall–Kier alpha value is -1.73. The van der Waals surface area contributed by atoms with Crippen molar-refractivity contribution < 1.29 is 14.3 Å². The first-order valence-corrected chi connectivity index (χ1v) is 5.30. The van der Waals surface area contributed by atoms with Crippen molar-refractivity contribution in [2.24, 2.45) is 5.92 Å². The van der Waals surface area contributed by atoms with Crippen molar-refractivity contribution in [3.05, 3.63) is 28.8 Å². The minimum atomic E-state index is -0.854. The second kappa shape index (κ2) is 6.12. The highest BCUT2D eigenvalue weighted by Crippen LogP contribution is 2.25. The molecule has 17 heavy (non-hydrogen) atoms. The molecule has 4 nitrogen and oxygen atoms in total. The van der Waals surface area contributed by atoms with Crippen LogP contribution in [0, 0.1) is 17.2 Å².